The molecule has 1 unspecified atom stereocenters. The predicted octanol–water partition coefficient (Wildman–Crippen LogP) is 2.11. The summed E-state index contributed by atoms with van der Waals surface area (Å²) >= 11 is 5.98. The van der Waals surface area contributed by atoms with Crippen molar-refractivity contribution in [3.8, 4) is 0 Å². The number of nitrogens with one attached hydrogen (secondary N) is 1. The Balaban J connectivity index is 2.36. The van der Waals surface area contributed by atoms with Crippen LogP contribution in [0.15, 0.2) is 12.1 Å². The number of nitrogens with zero attached hydrogens (tertiary/aromatic N) is 1. The number of benzene rings is 1. The maximum atomic E-state index is 13.3. The molecule has 0 aliphatic carbocycles. The van der Waals surface area contributed by atoms with Crippen molar-refractivity contribution in [1.29, 1.82) is 0 Å². The van der Waals surface area contributed by atoms with Crippen LogP contribution >= 0.6 is 11.6 Å². The molecule has 3 nitrogen and oxygen atoms in total. The van der Waals surface area contributed by atoms with Gasteiger partial charge in [0.05, 0.1) is 16.8 Å². The summed E-state index contributed by atoms with van der Waals surface area (Å²) in [7, 11) is 1.75. The first-order valence-corrected chi connectivity index (χ1v) is 5.86. The Kier molecular flexibility index (Phi) is 3.35. The number of carbonyl (C=O) groups is 1. The fourth-order valence-electron chi connectivity index (χ4n) is 2.04. The molecule has 0 radical (unpaired) electrons. The first-order chi connectivity index (χ1) is 8.04. The summed E-state index contributed by atoms with van der Waals surface area (Å²) in [6, 6.07) is 2.70. The maximum absolute atomic E-state index is 13.3. The number of anilines is 1. The van der Waals surface area contributed by atoms with Gasteiger partial charge in [-0.1, -0.05) is 11.6 Å². The fraction of sp³-hybridized carbons (Fsp3) is 0.417. The highest BCUT2D eigenvalue weighted by molar-refractivity contribution is 6.34. The SMILES string of the molecule is CNC1CCN(c2cc(C)c(F)cc2Cl)C1=O. The first-order valence-electron chi connectivity index (χ1n) is 5.49. The topological polar surface area (TPSA) is 32.3 Å². The van der Waals surface area contributed by atoms with E-state index in [1.54, 1.807) is 24.9 Å². The van der Waals surface area contributed by atoms with E-state index in [1.165, 1.54) is 6.07 Å². The zero-order chi connectivity index (χ0) is 12.6. The van der Waals surface area contributed by atoms with Crippen LogP contribution < -0.4 is 10.2 Å². The van der Waals surface area contributed by atoms with Gasteiger partial charge < -0.3 is 10.2 Å². The van der Waals surface area contributed by atoms with E-state index in [-0.39, 0.29) is 22.8 Å². The summed E-state index contributed by atoms with van der Waals surface area (Å²) in [6.07, 6.45) is 0.738. The summed E-state index contributed by atoms with van der Waals surface area (Å²) in [5, 5.41) is 3.23. The third-order valence-electron chi connectivity index (χ3n) is 3.07. The summed E-state index contributed by atoms with van der Waals surface area (Å²) in [4.78, 5) is 13.6. The number of rotatable bonds is 2. The lowest BCUT2D eigenvalue weighted by molar-refractivity contribution is -0.118. The second-order valence-corrected chi connectivity index (χ2v) is 4.58. The molecule has 0 aromatic heterocycles. The number of aryl methyl sites for hydroxylation is 1. The molecule has 1 aromatic carbocycles. The van der Waals surface area contributed by atoms with Crippen molar-refractivity contribution in [2.75, 3.05) is 18.5 Å². The molecule has 1 amide bonds. The molecule has 92 valence electrons. The smallest absolute Gasteiger partial charge is 0.244 e. The second-order valence-electron chi connectivity index (χ2n) is 4.17. The van der Waals surface area contributed by atoms with Crippen LogP contribution in [-0.2, 0) is 4.79 Å². The standard InChI is InChI=1S/C12H14ClFN2O/c1-7-5-11(8(13)6-9(7)14)16-4-3-10(15-2)12(16)17/h5-6,10,15H,3-4H2,1-2H3. The Hall–Kier alpha value is -1.13. The van der Waals surface area contributed by atoms with Gasteiger partial charge in [0.1, 0.15) is 5.82 Å². The van der Waals surface area contributed by atoms with Crippen LogP contribution in [0.3, 0.4) is 0 Å². The predicted molar refractivity (Wildman–Crippen MR) is 66.0 cm³/mol. The minimum atomic E-state index is -0.351. The summed E-state index contributed by atoms with van der Waals surface area (Å²) in [5.41, 5.74) is 1.08. The van der Waals surface area contributed by atoms with Gasteiger partial charge in [0, 0.05) is 6.54 Å². The lowest BCUT2D eigenvalue weighted by Crippen LogP contribution is -2.36. The normalized spacial score (nSPS) is 20.1. The molecule has 1 heterocycles. The van der Waals surface area contributed by atoms with Crippen LogP contribution in [0.4, 0.5) is 10.1 Å². The van der Waals surface area contributed by atoms with Gasteiger partial charge >= 0.3 is 0 Å². The average molecular weight is 257 g/mol. The molecular formula is C12H14ClFN2O. The highest BCUT2D eigenvalue weighted by Crippen LogP contribution is 2.31. The number of hydrogen-bond acceptors (Lipinski definition) is 2. The molecule has 1 aromatic rings. The van der Waals surface area contributed by atoms with Crippen LogP contribution in [0, 0.1) is 12.7 Å². The van der Waals surface area contributed by atoms with Crippen molar-refractivity contribution >= 4 is 23.2 Å². The second kappa shape index (κ2) is 4.63. The van der Waals surface area contributed by atoms with Crippen molar-refractivity contribution in [1.82, 2.24) is 5.32 Å². The van der Waals surface area contributed by atoms with Crippen LogP contribution in [0.2, 0.25) is 5.02 Å². The molecule has 1 aliphatic rings. The molecule has 1 atom stereocenters. The van der Waals surface area contributed by atoms with E-state index >= 15 is 0 Å². The van der Waals surface area contributed by atoms with Gasteiger partial charge in [-0.25, -0.2) is 4.39 Å². The Morgan fingerprint density at radius 1 is 1.53 bits per heavy atom. The van der Waals surface area contributed by atoms with E-state index in [2.05, 4.69) is 5.32 Å². The molecule has 17 heavy (non-hydrogen) atoms. The van der Waals surface area contributed by atoms with Gasteiger partial charge in [0.15, 0.2) is 0 Å². The Morgan fingerprint density at radius 2 is 2.24 bits per heavy atom. The quantitative estimate of drug-likeness (QED) is 0.879. The Morgan fingerprint density at radius 3 is 2.82 bits per heavy atom. The first kappa shape index (κ1) is 12.3. The minimum Gasteiger partial charge on any atom is -0.309 e. The molecule has 1 aliphatic heterocycles. The summed E-state index contributed by atoms with van der Waals surface area (Å²) in [5.74, 6) is -0.365. The van der Waals surface area contributed by atoms with Gasteiger partial charge in [0.25, 0.3) is 0 Å². The van der Waals surface area contributed by atoms with Gasteiger partial charge in [-0.3, -0.25) is 4.79 Å². The number of halogens is 2. The molecule has 2 rings (SSSR count). The number of amides is 1. The van der Waals surface area contributed by atoms with E-state index in [9.17, 15) is 9.18 Å². The van der Waals surface area contributed by atoms with Crippen molar-refractivity contribution in [2.45, 2.75) is 19.4 Å². The van der Waals surface area contributed by atoms with E-state index in [0.29, 0.717) is 17.8 Å². The molecule has 0 saturated carbocycles. The number of hydrogen-bond donors (Lipinski definition) is 1. The van der Waals surface area contributed by atoms with Crippen molar-refractivity contribution < 1.29 is 9.18 Å². The molecule has 1 fully saturated rings. The van der Waals surface area contributed by atoms with Crippen molar-refractivity contribution in [3.63, 3.8) is 0 Å². The molecule has 0 spiro atoms. The molecular weight excluding hydrogens is 243 g/mol. The van der Waals surface area contributed by atoms with E-state index in [4.69, 9.17) is 11.6 Å². The lowest BCUT2D eigenvalue weighted by atomic mass is 10.2. The number of carbonyl (C=O) groups excluding carboxylic acids is 1. The van der Waals surface area contributed by atoms with Crippen molar-refractivity contribution in [2.24, 2.45) is 0 Å². The molecule has 5 heteroatoms. The van der Waals surface area contributed by atoms with Gasteiger partial charge in [0.2, 0.25) is 5.91 Å². The maximum Gasteiger partial charge on any atom is 0.244 e. The Labute approximate surface area is 105 Å². The zero-order valence-electron chi connectivity index (χ0n) is 9.76. The average Bonchev–Trinajstić information content (AvgIpc) is 2.65. The monoisotopic (exact) mass is 256 g/mol. The van der Waals surface area contributed by atoms with Crippen LogP contribution in [0.1, 0.15) is 12.0 Å². The molecule has 0 bridgehead atoms. The third kappa shape index (κ3) is 2.15. The third-order valence-corrected chi connectivity index (χ3v) is 3.38. The highest BCUT2D eigenvalue weighted by Gasteiger charge is 2.32. The summed E-state index contributed by atoms with van der Waals surface area (Å²) < 4.78 is 13.3. The fourth-order valence-corrected chi connectivity index (χ4v) is 2.29. The van der Waals surface area contributed by atoms with Gasteiger partial charge in [-0.05, 0) is 38.1 Å². The molecule has 1 N–H and O–H groups in total. The van der Waals surface area contributed by atoms with E-state index in [0.717, 1.165) is 6.42 Å². The van der Waals surface area contributed by atoms with Crippen molar-refractivity contribution in [3.05, 3.63) is 28.5 Å². The summed E-state index contributed by atoms with van der Waals surface area (Å²) in [6.45, 7) is 2.26. The van der Waals surface area contributed by atoms with Gasteiger partial charge in [-0.15, -0.1) is 0 Å². The Bertz CT molecular complexity index is 464. The zero-order valence-corrected chi connectivity index (χ0v) is 10.5. The van der Waals surface area contributed by atoms with Crippen LogP contribution in [-0.4, -0.2) is 25.5 Å². The number of likely N-dealkylation sites (N-methyl/N-ethyl adjacent to an activating group) is 1. The van der Waals surface area contributed by atoms with Crippen LogP contribution in [0.5, 0.6) is 0 Å². The largest absolute Gasteiger partial charge is 0.309 e. The minimum absolute atomic E-state index is 0.0135. The van der Waals surface area contributed by atoms with E-state index < -0.39 is 0 Å². The van der Waals surface area contributed by atoms with Gasteiger partial charge in [-0.2, -0.15) is 0 Å². The van der Waals surface area contributed by atoms with E-state index in [1.807, 2.05) is 0 Å². The van der Waals surface area contributed by atoms with Crippen LogP contribution in [0.25, 0.3) is 0 Å². The highest BCUT2D eigenvalue weighted by atomic mass is 35.5. The molecule has 1 saturated heterocycles. The lowest BCUT2D eigenvalue weighted by Gasteiger charge is -2.19.